The van der Waals surface area contributed by atoms with Crippen molar-refractivity contribution in [2.75, 3.05) is 6.17 Å². The molecule has 3 heteroatoms. The van der Waals surface area contributed by atoms with Gasteiger partial charge in [-0.05, 0) is 19.1 Å². The minimum atomic E-state index is -1.20. The second-order valence-electron chi connectivity index (χ2n) is 5.11. The maximum absolute atomic E-state index is 11.7. The molecule has 0 saturated heterocycles. The molecule has 0 unspecified atom stereocenters. The van der Waals surface area contributed by atoms with E-state index in [-0.39, 0.29) is 5.91 Å². The SMILES string of the molecule is Cc1ccc(C(=O)NC[Si](C)(C)C)cc1. The molecule has 0 bridgehead atoms. The van der Waals surface area contributed by atoms with E-state index in [9.17, 15) is 4.79 Å². The second kappa shape index (κ2) is 4.62. The molecule has 0 aliphatic heterocycles. The summed E-state index contributed by atoms with van der Waals surface area (Å²) in [6.07, 6.45) is 0.833. The van der Waals surface area contributed by atoms with Crippen molar-refractivity contribution < 1.29 is 4.79 Å². The number of aryl methyl sites for hydroxylation is 1. The first-order chi connectivity index (χ1) is 6.88. The van der Waals surface area contributed by atoms with E-state index in [0.29, 0.717) is 0 Å². The number of nitrogens with one attached hydrogen (secondary N) is 1. The van der Waals surface area contributed by atoms with Crippen LogP contribution in [0.2, 0.25) is 19.6 Å². The Hall–Kier alpha value is -1.09. The summed E-state index contributed by atoms with van der Waals surface area (Å²) in [6.45, 7) is 8.73. The van der Waals surface area contributed by atoms with Crippen LogP contribution in [0.1, 0.15) is 15.9 Å². The summed E-state index contributed by atoms with van der Waals surface area (Å²) in [6, 6.07) is 7.66. The third kappa shape index (κ3) is 4.30. The summed E-state index contributed by atoms with van der Waals surface area (Å²) in [5.74, 6) is 0.0393. The first-order valence-electron chi connectivity index (χ1n) is 5.23. The largest absolute Gasteiger partial charge is 0.355 e. The molecule has 0 aliphatic rings. The van der Waals surface area contributed by atoms with Crippen LogP contribution in [0.3, 0.4) is 0 Å². The number of carbonyl (C=O) groups excluding carboxylic acids is 1. The van der Waals surface area contributed by atoms with Gasteiger partial charge in [-0.2, -0.15) is 0 Å². The van der Waals surface area contributed by atoms with Crippen LogP contribution in [0.5, 0.6) is 0 Å². The smallest absolute Gasteiger partial charge is 0.251 e. The minimum absolute atomic E-state index is 0.0393. The summed E-state index contributed by atoms with van der Waals surface area (Å²) in [4.78, 5) is 11.7. The predicted molar refractivity (Wildman–Crippen MR) is 66.9 cm³/mol. The highest BCUT2D eigenvalue weighted by molar-refractivity contribution is 6.76. The van der Waals surface area contributed by atoms with Crippen LogP contribution in [0.15, 0.2) is 24.3 Å². The fourth-order valence-electron chi connectivity index (χ4n) is 1.15. The van der Waals surface area contributed by atoms with Crippen LogP contribution in [0.25, 0.3) is 0 Å². The van der Waals surface area contributed by atoms with Crippen molar-refractivity contribution in [1.29, 1.82) is 0 Å². The molecule has 0 atom stereocenters. The molecule has 0 fully saturated rings. The summed E-state index contributed by atoms with van der Waals surface area (Å²) >= 11 is 0. The predicted octanol–water partition coefficient (Wildman–Crippen LogP) is 2.60. The Balaban J connectivity index is 2.58. The molecule has 0 spiro atoms. The highest BCUT2D eigenvalue weighted by Gasteiger charge is 2.14. The number of hydrogen-bond acceptors (Lipinski definition) is 1. The zero-order chi connectivity index (χ0) is 11.5. The molecule has 1 rings (SSSR count). The van der Waals surface area contributed by atoms with Crippen molar-refractivity contribution in [2.24, 2.45) is 0 Å². The van der Waals surface area contributed by atoms with Gasteiger partial charge in [0, 0.05) is 11.7 Å². The molecule has 15 heavy (non-hydrogen) atoms. The van der Waals surface area contributed by atoms with Crippen LogP contribution in [0, 0.1) is 6.92 Å². The van der Waals surface area contributed by atoms with Gasteiger partial charge in [-0.1, -0.05) is 37.3 Å². The Labute approximate surface area is 92.7 Å². The summed E-state index contributed by atoms with van der Waals surface area (Å²) in [5, 5.41) is 2.98. The van der Waals surface area contributed by atoms with Crippen molar-refractivity contribution in [3.05, 3.63) is 35.4 Å². The molecule has 0 radical (unpaired) electrons. The molecule has 1 amide bonds. The average Bonchev–Trinajstić information content (AvgIpc) is 2.14. The molecule has 82 valence electrons. The van der Waals surface area contributed by atoms with E-state index < -0.39 is 8.07 Å². The van der Waals surface area contributed by atoms with Crippen molar-refractivity contribution in [3.8, 4) is 0 Å². The molecule has 0 heterocycles. The molecule has 0 aromatic heterocycles. The molecule has 0 aliphatic carbocycles. The lowest BCUT2D eigenvalue weighted by molar-refractivity contribution is 0.0959. The standard InChI is InChI=1S/C12H19NOSi/c1-10-5-7-11(8-6-10)12(14)13-9-15(2,3)4/h5-8H,9H2,1-4H3,(H,13,14). The molecular formula is C12H19NOSi. The first-order valence-corrected chi connectivity index (χ1v) is 8.94. The van der Waals surface area contributed by atoms with Crippen molar-refractivity contribution in [3.63, 3.8) is 0 Å². The van der Waals surface area contributed by atoms with Crippen LogP contribution >= 0.6 is 0 Å². The zero-order valence-corrected chi connectivity index (χ0v) is 10.9. The van der Waals surface area contributed by atoms with Gasteiger partial charge in [-0.3, -0.25) is 4.79 Å². The van der Waals surface area contributed by atoms with E-state index in [0.717, 1.165) is 11.7 Å². The Morgan fingerprint density at radius 3 is 2.20 bits per heavy atom. The van der Waals surface area contributed by atoms with Gasteiger partial charge in [0.15, 0.2) is 0 Å². The number of rotatable bonds is 3. The fraction of sp³-hybridized carbons (Fsp3) is 0.417. The van der Waals surface area contributed by atoms with Gasteiger partial charge < -0.3 is 5.32 Å². The maximum atomic E-state index is 11.7. The van der Waals surface area contributed by atoms with Gasteiger partial charge >= 0.3 is 0 Å². The quantitative estimate of drug-likeness (QED) is 0.781. The summed E-state index contributed by atoms with van der Waals surface area (Å²) in [7, 11) is -1.20. The van der Waals surface area contributed by atoms with Crippen LogP contribution in [-0.2, 0) is 0 Å². The average molecular weight is 221 g/mol. The van der Waals surface area contributed by atoms with Crippen molar-refractivity contribution in [2.45, 2.75) is 26.6 Å². The van der Waals surface area contributed by atoms with Gasteiger partial charge in [0.25, 0.3) is 5.91 Å². The highest BCUT2D eigenvalue weighted by atomic mass is 28.3. The van der Waals surface area contributed by atoms with E-state index >= 15 is 0 Å². The van der Waals surface area contributed by atoms with Crippen molar-refractivity contribution in [1.82, 2.24) is 5.32 Å². The van der Waals surface area contributed by atoms with Crippen LogP contribution < -0.4 is 5.32 Å². The lowest BCUT2D eigenvalue weighted by atomic mass is 10.1. The second-order valence-corrected chi connectivity index (χ2v) is 10.6. The Morgan fingerprint density at radius 1 is 1.20 bits per heavy atom. The molecule has 0 saturated carbocycles. The first kappa shape index (κ1) is 12.0. The van der Waals surface area contributed by atoms with Gasteiger partial charge in [-0.15, -0.1) is 0 Å². The molecule has 2 nitrogen and oxygen atoms in total. The normalized spacial score (nSPS) is 11.2. The van der Waals surface area contributed by atoms with E-state index in [2.05, 4.69) is 25.0 Å². The minimum Gasteiger partial charge on any atom is -0.355 e. The zero-order valence-electron chi connectivity index (χ0n) is 9.92. The number of carbonyl (C=O) groups is 1. The van der Waals surface area contributed by atoms with Crippen LogP contribution in [0.4, 0.5) is 0 Å². The van der Waals surface area contributed by atoms with Gasteiger partial charge in [0.1, 0.15) is 0 Å². The third-order valence-electron chi connectivity index (χ3n) is 2.09. The van der Waals surface area contributed by atoms with Gasteiger partial charge in [-0.25, -0.2) is 0 Å². The maximum Gasteiger partial charge on any atom is 0.251 e. The molecule has 1 aromatic rings. The number of hydrogen-bond donors (Lipinski definition) is 1. The Kier molecular flexibility index (Phi) is 3.69. The van der Waals surface area contributed by atoms with Crippen molar-refractivity contribution >= 4 is 14.0 Å². The lowest BCUT2D eigenvalue weighted by Gasteiger charge is -2.16. The van der Waals surface area contributed by atoms with E-state index in [1.165, 1.54) is 5.56 Å². The molecular weight excluding hydrogens is 202 g/mol. The number of benzene rings is 1. The molecule has 1 aromatic carbocycles. The van der Waals surface area contributed by atoms with Crippen LogP contribution in [-0.4, -0.2) is 20.1 Å². The van der Waals surface area contributed by atoms with Gasteiger partial charge in [0.05, 0.1) is 8.07 Å². The Bertz CT molecular complexity index is 338. The Morgan fingerprint density at radius 2 is 1.73 bits per heavy atom. The van der Waals surface area contributed by atoms with Gasteiger partial charge in [0.2, 0.25) is 0 Å². The third-order valence-corrected chi connectivity index (χ3v) is 3.33. The lowest BCUT2D eigenvalue weighted by Crippen LogP contribution is -2.39. The van der Waals surface area contributed by atoms with E-state index in [1.807, 2.05) is 31.2 Å². The van der Waals surface area contributed by atoms with E-state index in [4.69, 9.17) is 0 Å². The highest BCUT2D eigenvalue weighted by Crippen LogP contribution is 2.04. The fourth-order valence-corrected chi connectivity index (χ4v) is 1.84. The van der Waals surface area contributed by atoms with E-state index in [1.54, 1.807) is 0 Å². The topological polar surface area (TPSA) is 29.1 Å². The summed E-state index contributed by atoms with van der Waals surface area (Å²) in [5.41, 5.74) is 1.93. The summed E-state index contributed by atoms with van der Waals surface area (Å²) < 4.78 is 0. The monoisotopic (exact) mass is 221 g/mol. The molecule has 1 N–H and O–H groups in total. The number of amides is 1.